The molecule has 0 saturated heterocycles. The molecule has 450 valence electrons. The van der Waals surface area contributed by atoms with Crippen LogP contribution in [0, 0.1) is 54.2 Å². The van der Waals surface area contributed by atoms with E-state index in [1.807, 2.05) is 12.1 Å². The predicted molar refractivity (Wildman–Crippen MR) is 330 cm³/mol. The molecule has 0 aliphatic heterocycles. The van der Waals surface area contributed by atoms with E-state index in [4.69, 9.17) is 120 Å². The van der Waals surface area contributed by atoms with Crippen LogP contribution in [0.4, 0.5) is 58.0 Å². The number of H-pyrrole nitrogens is 6. The molecule has 0 aliphatic rings. The van der Waals surface area contributed by atoms with Gasteiger partial charge in [-0.1, -0.05) is 69.6 Å². The third kappa shape index (κ3) is 16.0. The number of hydrogen-bond donors (Lipinski definition) is 13. The van der Waals surface area contributed by atoms with Gasteiger partial charge in [-0.2, -0.15) is 65.6 Å². The number of nitrogen functional groups attached to an aromatic ring is 6. The Labute approximate surface area is 528 Å². The summed E-state index contributed by atoms with van der Waals surface area (Å²) >= 11 is 37.1. The monoisotopic (exact) mass is 1390 g/mol. The highest BCUT2D eigenvalue weighted by atomic mass is 79.9. The van der Waals surface area contributed by atoms with Crippen molar-refractivity contribution in [3.05, 3.63) is 165 Å². The van der Waals surface area contributed by atoms with Crippen LogP contribution >= 0.6 is 85.5 Å². The van der Waals surface area contributed by atoms with Gasteiger partial charge in [0, 0.05) is 12.1 Å². The zero-order valence-electron chi connectivity index (χ0n) is 43.3. The lowest BCUT2D eigenvalue weighted by Gasteiger charge is -2.06. The Morgan fingerprint density at radius 1 is 0.517 bits per heavy atom. The molecular weight excluding hydrogens is 1370 g/mol. The second-order valence-electron chi connectivity index (χ2n) is 16.4. The maximum Gasteiger partial charge on any atom is 0.325 e. The number of benzene rings is 3. The second kappa shape index (κ2) is 28.1. The smallest absolute Gasteiger partial charge is 0.325 e. The molecule has 44 heteroatoms. The van der Waals surface area contributed by atoms with Gasteiger partial charge in [0.05, 0.1) is 60.3 Å². The van der Waals surface area contributed by atoms with Crippen LogP contribution in [0.15, 0.2) is 79.8 Å². The number of nitro groups is 2. The summed E-state index contributed by atoms with van der Waals surface area (Å²) in [5, 5.41) is 50.8. The van der Waals surface area contributed by atoms with E-state index in [1.165, 1.54) is 42.7 Å². The summed E-state index contributed by atoms with van der Waals surface area (Å²) in [4.78, 5) is 111. The molecule has 9 heterocycles. The molecule has 0 atom stereocenters. The average Bonchev–Trinajstić information content (AvgIpc) is 1.73. The number of anilines is 8. The summed E-state index contributed by atoms with van der Waals surface area (Å²) in [6.07, 6.45) is 1.54. The summed E-state index contributed by atoms with van der Waals surface area (Å²) in [6.45, 7) is 0. The number of aromatic nitrogens is 18. The maximum absolute atomic E-state index is 11.3. The summed E-state index contributed by atoms with van der Waals surface area (Å²) in [5.41, 5.74) is 34.5. The summed E-state index contributed by atoms with van der Waals surface area (Å²) < 4.78 is 1.93. The summed E-state index contributed by atoms with van der Waals surface area (Å²) in [5.74, 6) is 0.377. The van der Waals surface area contributed by atoms with Crippen molar-refractivity contribution < 1.29 is 9.85 Å². The third-order valence-electron chi connectivity index (χ3n) is 10.6. The highest BCUT2D eigenvalue weighted by Gasteiger charge is 2.19. The van der Waals surface area contributed by atoms with E-state index in [0.29, 0.717) is 49.0 Å². The van der Waals surface area contributed by atoms with Crippen LogP contribution in [0.3, 0.4) is 0 Å². The molecule has 0 radical (unpaired) electrons. The molecule has 0 bridgehead atoms. The van der Waals surface area contributed by atoms with Gasteiger partial charge in [-0.3, -0.25) is 39.7 Å². The minimum absolute atomic E-state index is 0.0178. The lowest BCUT2D eigenvalue weighted by Crippen LogP contribution is -2.04. The topological polar surface area (TPSA) is 618 Å². The van der Waals surface area contributed by atoms with Gasteiger partial charge < -0.3 is 54.7 Å². The van der Waals surface area contributed by atoms with E-state index >= 15 is 0 Å². The van der Waals surface area contributed by atoms with Gasteiger partial charge in [0.1, 0.15) is 39.9 Å². The molecule has 0 spiro atoms. The zero-order valence-corrected chi connectivity index (χ0v) is 49.5. The summed E-state index contributed by atoms with van der Waals surface area (Å²) in [6, 6.07) is 18.9. The fourth-order valence-corrected chi connectivity index (χ4v) is 8.44. The maximum atomic E-state index is 11.3. The number of nitriles is 3. The van der Waals surface area contributed by atoms with Gasteiger partial charge in [0.25, 0.3) is 11.4 Å². The van der Waals surface area contributed by atoms with Crippen molar-refractivity contribution in [3.8, 4) is 24.2 Å². The van der Waals surface area contributed by atoms with Gasteiger partial charge in [0.15, 0.2) is 53.7 Å². The number of imidazole rings is 4. The second-order valence-corrected chi connectivity index (χ2v) is 19.4. The van der Waals surface area contributed by atoms with Crippen LogP contribution in [0.5, 0.6) is 0 Å². The molecule has 12 aromatic rings. The van der Waals surface area contributed by atoms with E-state index in [9.17, 15) is 34.6 Å². The first-order chi connectivity index (χ1) is 42.2. The van der Waals surface area contributed by atoms with Gasteiger partial charge >= 0.3 is 17.1 Å². The van der Waals surface area contributed by atoms with Gasteiger partial charge in [-0.25, -0.2) is 19.4 Å². The third-order valence-corrected chi connectivity index (χ3v) is 12.9. The van der Waals surface area contributed by atoms with Crippen molar-refractivity contribution in [3.63, 3.8) is 0 Å². The van der Waals surface area contributed by atoms with Crippen molar-refractivity contribution in [2.45, 2.75) is 0 Å². The first-order valence-electron chi connectivity index (χ1n) is 23.1. The largest absolute Gasteiger partial charge is 0.394 e. The van der Waals surface area contributed by atoms with Crippen molar-refractivity contribution in [2.24, 2.45) is 0 Å². The van der Waals surface area contributed by atoms with Crippen molar-refractivity contribution in [1.29, 1.82) is 15.8 Å². The van der Waals surface area contributed by atoms with E-state index in [0.717, 1.165) is 0 Å². The molecule has 37 nitrogen and oxygen atoms in total. The number of nitrogens with zero attached hydrogens (tertiary/aromatic N) is 17. The number of nitrogens with one attached hydrogen (secondary N) is 7. The molecular formula is C45H29BrCl6N30O7. The highest BCUT2D eigenvalue weighted by Crippen LogP contribution is 2.30. The van der Waals surface area contributed by atoms with Crippen LogP contribution < -0.4 is 56.8 Å². The van der Waals surface area contributed by atoms with E-state index < -0.39 is 21.2 Å². The molecule has 0 amide bonds. The van der Waals surface area contributed by atoms with Crippen LogP contribution in [-0.2, 0) is 0 Å². The lowest BCUT2D eigenvalue weighted by molar-refractivity contribution is -0.385. The molecule has 19 N–H and O–H groups in total. The molecule has 9 aromatic heterocycles. The number of hydrogen-bond acceptors (Lipinski definition) is 28. The Balaban J connectivity index is 0.000000158. The molecule has 0 saturated carbocycles. The minimum Gasteiger partial charge on any atom is -0.394 e. The normalized spacial score (nSPS) is 10.3. The van der Waals surface area contributed by atoms with Crippen LogP contribution in [0.1, 0.15) is 16.7 Å². The molecule has 89 heavy (non-hydrogen) atoms. The first kappa shape index (κ1) is 65.0. The number of rotatable bonds is 5. The van der Waals surface area contributed by atoms with Crippen molar-refractivity contribution >= 4 is 188 Å². The molecule has 3 aromatic carbocycles. The number of fused-ring (bicyclic) bond motifs is 4. The standard InChI is InChI=1S/C13H6ClN7O.C12H6ClN7O3.C7H3BrN2O2.C5H4ClN5O.C4H4Cl2N4.C4H6ClN5/c14-10-9-11(20-13(22)17-9)19-12(18-10)21-5-16-7-2-1-6(4-15)3-8(7)21;13-9-8-10(19-12(21)16-8)18-11(17-9)15-6-3-5(4-14)1-2-7(6)20(22)23;8-6-3-5(4-9)1-2-7(6)10(11)12;6-2-1-3(10-4(7)9-2)11-5(12)8-1;5-2-1(7)3(6)10-4(8)9-2;5-2-1(6)3(7)10-4(8)9-2/h1-3,5H,(H2,17,18,19,20,22);1-3H,(H3,15,16,17,18,19,21);1-3H;(H4,7,8,9,10,11,12);7H2,(H2,8,9,10);6H2,(H4,7,8,9,10). The van der Waals surface area contributed by atoms with Crippen LogP contribution in [-0.4, -0.2) is 99.1 Å². The SMILES string of the molecule is N#Cc1ccc([N+](=O)[O-])c(Br)c1.N#Cc1ccc([N+](=O)[O-])c(Nc2nc(Cl)c3[nH]c(=O)[nH]c3n2)c1.N#Cc1ccc2ncn(-c3nc(Cl)c4[nH]c(=O)[nH]c4n3)c2c1.Nc1nc(Cl)c(N)c(Cl)n1.Nc1nc(Cl)c2[nH]c(=O)[nH]c2n1.Nc1nc(N)c(N)c(Cl)n1. The zero-order chi connectivity index (χ0) is 65.1. The quantitative estimate of drug-likeness (QED) is 0.0513. The van der Waals surface area contributed by atoms with Crippen LogP contribution in [0.2, 0.25) is 30.9 Å². The Bertz CT molecular complexity index is 4960. The summed E-state index contributed by atoms with van der Waals surface area (Å²) in [7, 11) is 0. The van der Waals surface area contributed by atoms with Crippen molar-refractivity contribution in [1.82, 2.24) is 89.3 Å². The highest BCUT2D eigenvalue weighted by molar-refractivity contribution is 9.10. The van der Waals surface area contributed by atoms with Gasteiger partial charge in [-0.05, 0) is 58.4 Å². The molecule has 12 rings (SSSR count). The number of halogens is 7. The number of nitro benzene ring substituents is 2. The average molecular weight is 1390 g/mol. The Morgan fingerprint density at radius 2 is 0.955 bits per heavy atom. The van der Waals surface area contributed by atoms with Gasteiger partial charge in [-0.15, -0.1) is 0 Å². The van der Waals surface area contributed by atoms with Gasteiger partial charge in [0.2, 0.25) is 29.7 Å². The van der Waals surface area contributed by atoms with E-state index in [1.54, 1.807) is 22.8 Å². The fourth-order valence-electron chi connectivity index (χ4n) is 6.68. The number of aromatic amines is 6. The molecule has 0 aliphatic carbocycles. The fraction of sp³-hybridized carbons (Fsp3) is 0. The first-order valence-corrected chi connectivity index (χ1v) is 26.2. The minimum atomic E-state index is -0.609. The Morgan fingerprint density at radius 3 is 1.48 bits per heavy atom. The Kier molecular flexibility index (Phi) is 20.5. The predicted octanol–water partition coefficient (Wildman–Crippen LogP) is 6.27. The number of nitrogens with two attached hydrogens (primary N) is 6. The molecule has 0 fully saturated rings. The van der Waals surface area contributed by atoms with E-state index in [2.05, 4.69) is 112 Å². The molecule has 0 unspecified atom stereocenters. The van der Waals surface area contributed by atoms with E-state index in [-0.39, 0.29) is 117 Å². The lowest BCUT2D eigenvalue weighted by atomic mass is 10.2. The Hall–Kier alpha value is -11.6. The van der Waals surface area contributed by atoms with Crippen LogP contribution in [0.25, 0.3) is 50.5 Å². The van der Waals surface area contributed by atoms with Crippen molar-refractivity contribution in [2.75, 3.05) is 39.7 Å².